The molecule has 7 nitrogen and oxygen atoms in total. The maximum atomic E-state index is 13.5. The summed E-state index contributed by atoms with van der Waals surface area (Å²) >= 11 is 0. The number of aromatic nitrogens is 2. The van der Waals surface area contributed by atoms with E-state index < -0.39 is 11.6 Å². The van der Waals surface area contributed by atoms with E-state index in [0.717, 1.165) is 32.0 Å². The number of phenolic OH excluding ortho intramolecular Hbond substituents is 1. The van der Waals surface area contributed by atoms with E-state index in [4.69, 9.17) is 17.2 Å². The van der Waals surface area contributed by atoms with Crippen molar-refractivity contribution >= 4 is 23.3 Å². The van der Waals surface area contributed by atoms with Crippen LogP contribution in [0.25, 0.3) is 11.8 Å². The number of piperidine rings is 1. The molecule has 1 aliphatic heterocycles. The minimum absolute atomic E-state index is 0.158. The van der Waals surface area contributed by atoms with E-state index in [1.54, 1.807) is 10.8 Å². The van der Waals surface area contributed by atoms with Gasteiger partial charge < -0.3 is 27.6 Å². The lowest BCUT2D eigenvalue weighted by Crippen LogP contribution is -2.30. The largest absolute Gasteiger partial charge is 0.504 e. The Morgan fingerprint density at radius 3 is 2.75 bits per heavy atom. The number of benzene rings is 1. The third-order valence-electron chi connectivity index (χ3n) is 4.26. The molecule has 128 valence electrons. The van der Waals surface area contributed by atoms with Crippen LogP contribution in [0.4, 0.5) is 15.9 Å². The van der Waals surface area contributed by atoms with Crippen molar-refractivity contribution < 1.29 is 9.50 Å². The first-order chi connectivity index (χ1) is 11.5. The average molecular weight is 332 g/mol. The Bertz CT molecular complexity index is 779. The zero-order valence-electron chi connectivity index (χ0n) is 13.2. The molecule has 1 saturated heterocycles. The van der Waals surface area contributed by atoms with Gasteiger partial charge in [0.2, 0.25) is 0 Å². The minimum atomic E-state index is -0.733. The Morgan fingerprint density at radius 1 is 1.33 bits per heavy atom. The summed E-state index contributed by atoms with van der Waals surface area (Å²) in [6.45, 7) is 1.77. The summed E-state index contributed by atoms with van der Waals surface area (Å²) < 4.78 is 15.3. The molecule has 0 amide bonds. The minimum Gasteiger partial charge on any atom is -0.504 e. The highest BCUT2D eigenvalue weighted by Gasteiger charge is 2.22. The van der Waals surface area contributed by atoms with Crippen LogP contribution in [0.3, 0.4) is 0 Å². The van der Waals surface area contributed by atoms with Gasteiger partial charge in [-0.1, -0.05) is 6.07 Å². The molecular formula is C16H21FN6O. The van der Waals surface area contributed by atoms with Gasteiger partial charge in [-0.15, -0.1) is 0 Å². The van der Waals surface area contributed by atoms with Gasteiger partial charge in [0.05, 0.1) is 11.7 Å². The Balaban J connectivity index is 2.03. The number of hydrogen-bond acceptors (Lipinski definition) is 6. The molecule has 0 bridgehead atoms. The second-order valence-electron chi connectivity index (χ2n) is 5.85. The molecule has 0 saturated carbocycles. The summed E-state index contributed by atoms with van der Waals surface area (Å²) in [5.74, 6) is -0.995. The van der Waals surface area contributed by atoms with Gasteiger partial charge in [0.25, 0.3) is 0 Å². The number of nitrogen functional groups attached to an aromatic ring is 2. The fourth-order valence-corrected chi connectivity index (χ4v) is 2.93. The van der Waals surface area contributed by atoms with Gasteiger partial charge in [-0.05, 0) is 44.1 Å². The quantitative estimate of drug-likeness (QED) is 0.576. The second-order valence-corrected chi connectivity index (χ2v) is 5.85. The number of nitrogens with two attached hydrogens (primary N) is 3. The van der Waals surface area contributed by atoms with Crippen LogP contribution >= 0.6 is 0 Å². The predicted octanol–water partition coefficient (Wildman–Crippen LogP) is 1.27. The van der Waals surface area contributed by atoms with E-state index in [2.05, 4.69) is 10.4 Å². The van der Waals surface area contributed by atoms with E-state index >= 15 is 0 Å². The number of phenols is 1. The van der Waals surface area contributed by atoms with Gasteiger partial charge >= 0.3 is 0 Å². The number of anilines is 2. The lowest BCUT2D eigenvalue weighted by molar-refractivity contribution is 0.342. The smallest absolute Gasteiger partial charge is 0.169 e. The first kappa shape index (κ1) is 16.1. The summed E-state index contributed by atoms with van der Waals surface area (Å²) in [4.78, 5) is 0. The zero-order chi connectivity index (χ0) is 17.3. The lowest BCUT2D eigenvalue weighted by Gasteiger charge is -2.24. The molecule has 1 aromatic heterocycles. The number of hydrogen-bond donors (Lipinski definition) is 5. The molecule has 0 atom stereocenters. The van der Waals surface area contributed by atoms with Crippen molar-refractivity contribution in [2.24, 2.45) is 5.73 Å². The topological polar surface area (TPSA) is 128 Å². The van der Waals surface area contributed by atoms with Gasteiger partial charge in [-0.2, -0.15) is 5.10 Å². The highest BCUT2D eigenvalue weighted by atomic mass is 19.1. The zero-order valence-corrected chi connectivity index (χ0v) is 13.2. The number of aromatic hydroxyl groups is 1. The molecule has 0 unspecified atom stereocenters. The highest BCUT2D eigenvalue weighted by Crippen LogP contribution is 2.31. The Labute approximate surface area is 138 Å². The standard InChI is InChI=1S/C16H21FN6O/c17-11-3-1-2-10(15(11)24)12(18)8-13-14(19)16(20)22-23(13)9-4-6-21-7-5-9/h1-3,8-9,21,24H,4-7,18-19H2,(H2,20,22)/b12-8-. The maximum Gasteiger partial charge on any atom is 0.169 e. The van der Waals surface area contributed by atoms with E-state index in [9.17, 15) is 9.50 Å². The molecule has 24 heavy (non-hydrogen) atoms. The normalized spacial score (nSPS) is 16.5. The summed E-state index contributed by atoms with van der Waals surface area (Å²) in [5, 5.41) is 17.5. The molecule has 3 rings (SSSR count). The van der Waals surface area contributed by atoms with Crippen LogP contribution < -0.4 is 22.5 Å². The summed E-state index contributed by atoms with van der Waals surface area (Å²) in [6, 6.07) is 4.34. The number of para-hydroxylation sites is 1. The maximum absolute atomic E-state index is 13.5. The van der Waals surface area contributed by atoms with Gasteiger partial charge in [0.15, 0.2) is 17.4 Å². The van der Waals surface area contributed by atoms with E-state index in [1.807, 2.05) is 0 Å². The van der Waals surface area contributed by atoms with E-state index in [0.29, 0.717) is 11.4 Å². The van der Waals surface area contributed by atoms with Crippen molar-refractivity contribution in [3.63, 3.8) is 0 Å². The third-order valence-corrected chi connectivity index (χ3v) is 4.26. The summed E-state index contributed by atoms with van der Waals surface area (Å²) in [6.07, 6.45) is 3.37. The molecule has 2 heterocycles. The van der Waals surface area contributed by atoms with Crippen molar-refractivity contribution in [3.8, 4) is 5.75 Å². The molecule has 0 spiro atoms. The number of nitrogens with zero attached hydrogens (tertiary/aromatic N) is 2. The van der Waals surface area contributed by atoms with Crippen molar-refractivity contribution in [1.82, 2.24) is 15.1 Å². The van der Waals surface area contributed by atoms with Crippen LogP contribution in [0.1, 0.15) is 30.1 Å². The van der Waals surface area contributed by atoms with Crippen molar-refractivity contribution in [1.29, 1.82) is 0 Å². The molecule has 8 heteroatoms. The van der Waals surface area contributed by atoms with Gasteiger partial charge in [0, 0.05) is 11.3 Å². The van der Waals surface area contributed by atoms with Crippen molar-refractivity contribution in [2.45, 2.75) is 18.9 Å². The number of nitrogens with one attached hydrogen (secondary N) is 1. The summed E-state index contributed by atoms with van der Waals surface area (Å²) in [7, 11) is 0. The Hall–Kier alpha value is -2.74. The number of rotatable bonds is 3. The van der Waals surface area contributed by atoms with Crippen LogP contribution in [0.5, 0.6) is 5.75 Å². The van der Waals surface area contributed by atoms with Crippen LogP contribution in [0.15, 0.2) is 18.2 Å². The van der Waals surface area contributed by atoms with Crippen molar-refractivity contribution in [2.75, 3.05) is 24.6 Å². The first-order valence-electron chi connectivity index (χ1n) is 7.78. The van der Waals surface area contributed by atoms with E-state index in [1.165, 1.54) is 12.1 Å². The van der Waals surface area contributed by atoms with Crippen LogP contribution in [-0.4, -0.2) is 28.0 Å². The van der Waals surface area contributed by atoms with E-state index in [-0.39, 0.29) is 23.1 Å². The third kappa shape index (κ3) is 2.88. The average Bonchev–Trinajstić information content (AvgIpc) is 2.86. The highest BCUT2D eigenvalue weighted by molar-refractivity contribution is 5.86. The molecule has 1 aromatic carbocycles. The molecule has 0 aliphatic carbocycles. The summed E-state index contributed by atoms with van der Waals surface area (Å²) in [5.41, 5.74) is 19.3. The number of halogens is 1. The first-order valence-corrected chi connectivity index (χ1v) is 7.78. The fourth-order valence-electron chi connectivity index (χ4n) is 2.93. The molecule has 8 N–H and O–H groups in total. The van der Waals surface area contributed by atoms with Gasteiger partial charge in [-0.25, -0.2) is 4.39 Å². The molecule has 2 aromatic rings. The van der Waals surface area contributed by atoms with Crippen LogP contribution in [0, 0.1) is 5.82 Å². The molecule has 1 fully saturated rings. The second kappa shape index (κ2) is 6.40. The molecular weight excluding hydrogens is 311 g/mol. The SMILES string of the molecule is N/C(=C\c1c(N)c(N)nn1C1CCNCC1)c1cccc(F)c1O. The molecule has 1 aliphatic rings. The van der Waals surface area contributed by atoms with Gasteiger partial charge in [-0.3, -0.25) is 4.68 Å². The molecule has 0 radical (unpaired) electrons. The lowest BCUT2D eigenvalue weighted by atomic mass is 10.1. The Morgan fingerprint density at radius 2 is 2.04 bits per heavy atom. The van der Waals surface area contributed by atoms with Crippen LogP contribution in [0.2, 0.25) is 0 Å². The van der Waals surface area contributed by atoms with Crippen LogP contribution in [-0.2, 0) is 0 Å². The predicted molar refractivity (Wildman–Crippen MR) is 92.3 cm³/mol. The monoisotopic (exact) mass is 332 g/mol. The fraction of sp³-hybridized carbons (Fsp3) is 0.312. The van der Waals surface area contributed by atoms with Gasteiger partial charge in [0.1, 0.15) is 5.69 Å². The Kier molecular flexibility index (Phi) is 4.30. The van der Waals surface area contributed by atoms with Crippen molar-refractivity contribution in [3.05, 3.63) is 35.3 Å².